The Hall–Kier alpha value is -2.36. The average molecular weight is 326 g/mol. The third-order valence-electron chi connectivity index (χ3n) is 3.61. The second-order valence-corrected chi connectivity index (χ2v) is 6.91. The quantitative estimate of drug-likeness (QED) is 0.845. The Balaban J connectivity index is 2.42. The van der Waals surface area contributed by atoms with Gasteiger partial charge in [-0.2, -0.15) is 0 Å². The molecule has 1 unspecified atom stereocenters. The van der Waals surface area contributed by atoms with Gasteiger partial charge in [0, 0.05) is 5.70 Å². The number of rotatable bonds is 4. The molecule has 0 aromatic heterocycles. The molecule has 0 bridgehead atoms. The van der Waals surface area contributed by atoms with Crippen LogP contribution in [0.3, 0.4) is 0 Å². The molecule has 0 radical (unpaired) electrons. The highest BCUT2D eigenvalue weighted by molar-refractivity contribution is 6.00. The molecule has 1 aliphatic heterocycles. The lowest BCUT2D eigenvalue weighted by molar-refractivity contribution is -0.138. The zero-order chi connectivity index (χ0) is 17.7. The van der Waals surface area contributed by atoms with Gasteiger partial charge in [0.15, 0.2) is 0 Å². The fraction of sp³-hybridized carbons (Fsp3) is 0.400. The predicted octanol–water partition coefficient (Wildman–Crippen LogP) is 4.17. The van der Waals surface area contributed by atoms with Crippen LogP contribution >= 0.6 is 0 Å². The van der Waals surface area contributed by atoms with Crippen LogP contribution in [0.2, 0.25) is 0 Å². The molecule has 128 valence electrons. The van der Waals surface area contributed by atoms with E-state index >= 15 is 0 Å². The highest BCUT2D eigenvalue weighted by Crippen LogP contribution is 2.31. The summed E-state index contributed by atoms with van der Waals surface area (Å²) in [7, 11) is 0. The Morgan fingerprint density at radius 3 is 2.54 bits per heavy atom. The Kier molecular flexibility index (Phi) is 5.60. The average Bonchev–Trinajstić information content (AvgIpc) is 2.52. The number of esters is 1. The van der Waals surface area contributed by atoms with Gasteiger partial charge in [0.05, 0.1) is 12.2 Å². The molecule has 1 aromatic carbocycles. The van der Waals surface area contributed by atoms with Crippen LogP contribution in [0.1, 0.15) is 46.2 Å². The van der Waals surface area contributed by atoms with E-state index in [1.54, 1.807) is 0 Å². The summed E-state index contributed by atoms with van der Waals surface area (Å²) in [6.07, 6.45) is 4.07. The predicted molar refractivity (Wildman–Crippen MR) is 97.7 cm³/mol. The normalized spacial score (nSPS) is 18.4. The number of aliphatic imine (C=N–C) groups is 1. The summed E-state index contributed by atoms with van der Waals surface area (Å²) >= 11 is 0. The summed E-state index contributed by atoms with van der Waals surface area (Å²) < 4.78 is 5.23. The number of nitrogens with zero attached hydrogens (tertiary/aromatic N) is 1. The van der Waals surface area contributed by atoms with Crippen LogP contribution in [0.4, 0.5) is 0 Å². The minimum absolute atomic E-state index is 0.0610. The van der Waals surface area contributed by atoms with Crippen LogP contribution in [0.25, 0.3) is 0 Å². The summed E-state index contributed by atoms with van der Waals surface area (Å²) in [5.41, 5.74) is 2.38. The summed E-state index contributed by atoms with van der Waals surface area (Å²) in [6, 6.07) is 9.47. The molecular weight excluding hydrogens is 300 g/mol. The van der Waals surface area contributed by atoms with Crippen molar-refractivity contribution in [2.24, 2.45) is 10.4 Å². The molecule has 0 aliphatic carbocycles. The molecule has 2 rings (SSSR count). The van der Waals surface area contributed by atoms with Crippen LogP contribution in [0.15, 0.2) is 58.7 Å². The van der Waals surface area contributed by atoms with Crippen molar-refractivity contribution in [2.45, 2.75) is 40.7 Å². The number of carbonyl (C=O) groups excluding carboxylic acids is 1. The molecule has 1 heterocycles. The molecule has 0 saturated carbocycles. The van der Waals surface area contributed by atoms with Gasteiger partial charge in [-0.1, -0.05) is 57.2 Å². The van der Waals surface area contributed by atoms with Crippen LogP contribution < -0.4 is 5.32 Å². The number of amidine groups is 1. The summed E-state index contributed by atoms with van der Waals surface area (Å²) in [6.45, 7) is 10.4. The monoisotopic (exact) mass is 326 g/mol. The van der Waals surface area contributed by atoms with Crippen LogP contribution in [0, 0.1) is 5.41 Å². The number of hydrogen-bond donors (Lipinski definition) is 1. The number of nitrogens with one attached hydrogen (secondary N) is 1. The van der Waals surface area contributed by atoms with Gasteiger partial charge in [-0.05, 0) is 30.9 Å². The minimum Gasteiger partial charge on any atom is -0.463 e. The van der Waals surface area contributed by atoms with E-state index < -0.39 is 0 Å². The zero-order valence-corrected chi connectivity index (χ0v) is 15.1. The van der Waals surface area contributed by atoms with E-state index in [0.717, 1.165) is 17.1 Å². The van der Waals surface area contributed by atoms with E-state index in [0.29, 0.717) is 12.2 Å². The molecule has 1 N–H and O–H groups in total. The van der Waals surface area contributed by atoms with Crippen molar-refractivity contribution in [1.82, 2.24) is 5.32 Å². The molecule has 0 fully saturated rings. The van der Waals surface area contributed by atoms with E-state index in [1.807, 2.05) is 50.3 Å². The molecule has 1 atom stereocenters. The Morgan fingerprint density at radius 1 is 1.29 bits per heavy atom. The van der Waals surface area contributed by atoms with Crippen molar-refractivity contribution in [1.29, 1.82) is 0 Å². The largest absolute Gasteiger partial charge is 0.463 e. The van der Waals surface area contributed by atoms with Crippen LogP contribution in [0.5, 0.6) is 0 Å². The van der Waals surface area contributed by atoms with Crippen molar-refractivity contribution in [2.75, 3.05) is 6.61 Å². The molecule has 4 nitrogen and oxygen atoms in total. The fourth-order valence-corrected chi connectivity index (χ4v) is 2.46. The van der Waals surface area contributed by atoms with E-state index in [9.17, 15) is 4.79 Å². The van der Waals surface area contributed by atoms with Crippen LogP contribution in [-0.4, -0.2) is 18.4 Å². The lowest BCUT2D eigenvalue weighted by atomic mass is 9.94. The SMILES string of the molecule is CCOC(=O)C1=C(C)NC(/C=C/C(C)(C)C)=NC1c1ccccc1. The highest BCUT2D eigenvalue weighted by atomic mass is 16.5. The first-order valence-electron chi connectivity index (χ1n) is 8.28. The van der Waals surface area contributed by atoms with Gasteiger partial charge in [-0.15, -0.1) is 0 Å². The standard InChI is InChI=1S/C20H26N2O2/c1-6-24-19(23)17-14(2)21-16(12-13-20(3,4)5)22-18(17)15-10-8-7-9-11-15/h7-13,18H,6H2,1-5H3,(H,21,22)/b13-12+. The number of ether oxygens (including phenoxy) is 1. The Labute approximate surface area is 144 Å². The number of carbonyl (C=O) groups is 1. The third kappa shape index (κ3) is 4.57. The Bertz CT molecular complexity index is 679. The topological polar surface area (TPSA) is 50.7 Å². The highest BCUT2D eigenvalue weighted by Gasteiger charge is 2.29. The number of hydrogen-bond acceptors (Lipinski definition) is 4. The molecule has 0 amide bonds. The van der Waals surface area contributed by atoms with E-state index in [-0.39, 0.29) is 17.4 Å². The molecule has 4 heteroatoms. The number of allylic oxidation sites excluding steroid dienone is 2. The lowest BCUT2D eigenvalue weighted by Gasteiger charge is -2.25. The third-order valence-corrected chi connectivity index (χ3v) is 3.61. The molecule has 1 aliphatic rings. The summed E-state index contributed by atoms with van der Waals surface area (Å²) in [4.78, 5) is 17.2. The first-order valence-corrected chi connectivity index (χ1v) is 8.28. The maximum Gasteiger partial charge on any atom is 0.338 e. The van der Waals surface area contributed by atoms with E-state index in [2.05, 4.69) is 32.2 Å². The van der Waals surface area contributed by atoms with Crippen LogP contribution in [-0.2, 0) is 9.53 Å². The maximum atomic E-state index is 12.4. The molecule has 24 heavy (non-hydrogen) atoms. The van der Waals surface area contributed by atoms with Crippen molar-refractivity contribution in [3.63, 3.8) is 0 Å². The zero-order valence-electron chi connectivity index (χ0n) is 15.1. The summed E-state index contributed by atoms with van der Waals surface area (Å²) in [5.74, 6) is 0.434. The molecule has 1 aromatic rings. The Morgan fingerprint density at radius 2 is 1.96 bits per heavy atom. The minimum atomic E-state index is -0.355. The smallest absolute Gasteiger partial charge is 0.338 e. The molecule has 0 saturated heterocycles. The van der Waals surface area contributed by atoms with Gasteiger partial charge in [-0.3, -0.25) is 4.99 Å². The second kappa shape index (κ2) is 7.47. The van der Waals surface area contributed by atoms with Crippen molar-refractivity contribution < 1.29 is 9.53 Å². The first-order chi connectivity index (χ1) is 11.3. The van der Waals surface area contributed by atoms with E-state index in [4.69, 9.17) is 9.73 Å². The maximum absolute atomic E-state index is 12.4. The fourth-order valence-electron chi connectivity index (χ4n) is 2.46. The van der Waals surface area contributed by atoms with Crippen molar-refractivity contribution in [3.05, 3.63) is 59.3 Å². The molecular formula is C20H26N2O2. The second-order valence-electron chi connectivity index (χ2n) is 6.91. The van der Waals surface area contributed by atoms with Crippen molar-refractivity contribution in [3.8, 4) is 0 Å². The van der Waals surface area contributed by atoms with Gasteiger partial charge >= 0.3 is 5.97 Å². The lowest BCUT2D eigenvalue weighted by Crippen LogP contribution is -2.31. The van der Waals surface area contributed by atoms with Gasteiger partial charge < -0.3 is 10.1 Å². The van der Waals surface area contributed by atoms with Gasteiger partial charge in [0.25, 0.3) is 0 Å². The van der Waals surface area contributed by atoms with Gasteiger partial charge in [0.1, 0.15) is 11.9 Å². The van der Waals surface area contributed by atoms with Gasteiger partial charge in [0.2, 0.25) is 0 Å². The van der Waals surface area contributed by atoms with E-state index in [1.165, 1.54) is 0 Å². The van der Waals surface area contributed by atoms with Crippen molar-refractivity contribution >= 4 is 11.8 Å². The molecule has 0 spiro atoms. The first kappa shape index (κ1) is 18.0. The number of benzene rings is 1. The van der Waals surface area contributed by atoms with Gasteiger partial charge in [-0.25, -0.2) is 4.79 Å². The summed E-state index contributed by atoms with van der Waals surface area (Å²) in [5, 5.41) is 3.22.